The topological polar surface area (TPSA) is 61.9 Å². The van der Waals surface area contributed by atoms with Gasteiger partial charge in [0.1, 0.15) is 5.75 Å². The third-order valence-electron chi connectivity index (χ3n) is 4.96. The lowest BCUT2D eigenvalue weighted by molar-refractivity contribution is -0.131. The molecule has 29 heavy (non-hydrogen) atoms. The van der Waals surface area contributed by atoms with Gasteiger partial charge in [-0.25, -0.2) is 0 Å². The van der Waals surface area contributed by atoms with Crippen LogP contribution in [0.3, 0.4) is 0 Å². The summed E-state index contributed by atoms with van der Waals surface area (Å²) in [7, 11) is 0. The summed E-state index contributed by atoms with van der Waals surface area (Å²) in [5.74, 6) is 0.627. The molecular weight excluding hydrogens is 390 g/mol. The van der Waals surface area contributed by atoms with E-state index >= 15 is 0 Å². The average Bonchev–Trinajstić information content (AvgIpc) is 2.73. The van der Waals surface area contributed by atoms with Crippen LogP contribution in [-0.2, 0) is 9.59 Å². The lowest BCUT2D eigenvalue weighted by Gasteiger charge is -2.36. The fraction of sp³-hybridized carbons (Fsp3) is 0.364. The Morgan fingerprint density at radius 1 is 1.10 bits per heavy atom. The highest BCUT2D eigenvalue weighted by Crippen LogP contribution is 2.29. The quantitative estimate of drug-likeness (QED) is 0.781. The van der Waals surface area contributed by atoms with E-state index < -0.39 is 0 Å². The standard InChI is InChI=1S/C22H26ClN3O3/c1-3-22(28)26-12-10-25(11-13-26)19-9-8-17(14-18(19)23)24-21(27)15-29-20-7-5-4-6-16(20)2/h4-9,14H,3,10-13,15H2,1-2H3,(H,24,27). The number of ether oxygens (including phenoxy) is 1. The Morgan fingerprint density at radius 2 is 1.83 bits per heavy atom. The van der Waals surface area contributed by atoms with Crippen LogP contribution in [0.5, 0.6) is 5.75 Å². The maximum Gasteiger partial charge on any atom is 0.262 e. The minimum Gasteiger partial charge on any atom is -0.483 e. The molecule has 7 heteroatoms. The van der Waals surface area contributed by atoms with Crippen LogP contribution in [0.1, 0.15) is 18.9 Å². The van der Waals surface area contributed by atoms with Crippen molar-refractivity contribution < 1.29 is 14.3 Å². The second-order valence-electron chi connectivity index (χ2n) is 6.99. The lowest BCUT2D eigenvalue weighted by atomic mass is 10.2. The van der Waals surface area contributed by atoms with E-state index in [0.717, 1.165) is 24.3 Å². The SMILES string of the molecule is CCC(=O)N1CCN(c2ccc(NC(=O)COc3ccccc3C)cc2Cl)CC1. The van der Waals surface area contributed by atoms with Crippen molar-refractivity contribution in [1.82, 2.24) is 4.90 Å². The molecule has 2 amide bonds. The number of aryl methyl sites for hydroxylation is 1. The van der Waals surface area contributed by atoms with Gasteiger partial charge in [0, 0.05) is 38.3 Å². The van der Waals surface area contributed by atoms with E-state index in [4.69, 9.17) is 16.3 Å². The Kier molecular flexibility index (Phi) is 6.99. The average molecular weight is 416 g/mol. The number of piperazine rings is 1. The fourth-order valence-electron chi connectivity index (χ4n) is 3.32. The first kappa shape index (κ1) is 21.0. The van der Waals surface area contributed by atoms with E-state index in [-0.39, 0.29) is 18.4 Å². The number of hydrogen-bond acceptors (Lipinski definition) is 4. The molecule has 0 aliphatic carbocycles. The van der Waals surface area contributed by atoms with Crippen LogP contribution in [-0.4, -0.2) is 49.5 Å². The van der Waals surface area contributed by atoms with Gasteiger partial charge in [0.15, 0.2) is 6.61 Å². The van der Waals surface area contributed by atoms with Crippen LogP contribution in [0.15, 0.2) is 42.5 Å². The highest BCUT2D eigenvalue weighted by atomic mass is 35.5. The van der Waals surface area contributed by atoms with Crippen molar-refractivity contribution in [3.8, 4) is 5.75 Å². The Balaban J connectivity index is 1.55. The molecule has 154 valence electrons. The van der Waals surface area contributed by atoms with Crippen LogP contribution < -0.4 is 15.0 Å². The highest BCUT2D eigenvalue weighted by Gasteiger charge is 2.21. The Bertz CT molecular complexity index is 879. The predicted octanol–water partition coefficient (Wildman–Crippen LogP) is 3.72. The number of carbonyl (C=O) groups is 2. The van der Waals surface area contributed by atoms with Gasteiger partial charge in [-0.05, 0) is 36.8 Å². The fourth-order valence-corrected chi connectivity index (χ4v) is 3.62. The highest BCUT2D eigenvalue weighted by molar-refractivity contribution is 6.33. The van der Waals surface area contributed by atoms with Gasteiger partial charge >= 0.3 is 0 Å². The second kappa shape index (κ2) is 9.65. The van der Waals surface area contributed by atoms with Crippen LogP contribution in [0.2, 0.25) is 5.02 Å². The Labute approximate surface area is 176 Å². The van der Waals surface area contributed by atoms with Gasteiger partial charge in [-0.15, -0.1) is 0 Å². The van der Waals surface area contributed by atoms with E-state index in [1.807, 2.05) is 55.1 Å². The molecule has 2 aromatic carbocycles. The van der Waals surface area contributed by atoms with Crippen molar-refractivity contribution in [1.29, 1.82) is 0 Å². The summed E-state index contributed by atoms with van der Waals surface area (Å²) in [5.41, 5.74) is 2.51. The Morgan fingerprint density at radius 3 is 2.48 bits per heavy atom. The molecular formula is C22H26ClN3O3. The summed E-state index contributed by atoms with van der Waals surface area (Å²) in [6.45, 7) is 6.60. The number of hydrogen-bond donors (Lipinski definition) is 1. The first-order valence-corrected chi connectivity index (χ1v) is 10.2. The third-order valence-corrected chi connectivity index (χ3v) is 5.26. The molecule has 3 rings (SSSR count). The van der Waals surface area contributed by atoms with Gasteiger partial charge in [-0.1, -0.05) is 36.7 Å². The molecule has 6 nitrogen and oxygen atoms in total. The molecule has 1 fully saturated rings. The summed E-state index contributed by atoms with van der Waals surface area (Å²) in [6, 6.07) is 13.0. The smallest absolute Gasteiger partial charge is 0.262 e. The van der Waals surface area contributed by atoms with Crippen LogP contribution >= 0.6 is 11.6 Å². The van der Waals surface area contributed by atoms with Crippen molar-refractivity contribution in [3.05, 3.63) is 53.1 Å². The maximum atomic E-state index is 12.2. The third kappa shape index (κ3) is 5.41. The minimum atomic E-state index is -0.247. The van der Waals surface area contributed by atoms with E-state index in [1.54, 1.807) is 6.07 Å². The molecule has 2 aromatic rings. The molecule has 0 radical (unpaired) electrons. The molecule has 1 aliphatic rings. The number of para-hydroxylation sites is 1. The summed E-state index contributed by atoms with van der Waals surface area (Å²) in [6.07, 6.45) is 0.530. The number of rotatable bonds is 6. The normalized spacial score (nSPS) is 13.9. The number of carbonyl (C=O) groups excluding carboxylic acids is 2. The predicted molar refractivity (Wildman–Crippen MR) is 116 cm³/mol. The van der Waals surface area contributed by atoms with E-state index in [1.165, 1.54) is 0 Å². The van der Waals surface area contributed by atoms with Crippen molar-refractivity contribution in [2.45, 2.75) is 20.3 Å². The number of benzene rings is 2. The molecule has 1 N–H and O–H groups in total. The zero-order valence-electron chi connectivity index (χ0n) is 16.8. The van der Waals surface area contributed by atoms with Crippen molar-refractivity contribution in [2.24, 2.45) is 0 Å². The van der Waals surface area contributed by atoms with E-state index in [2.05, 4.69) is 10.2 Å². The molecule has 0 saturated carbocycles. The second-order valence-corrected chi connectivity index (χ2v) is 7.40. The number of nitrogens with one attached hydrogen (secondary N) is 1. The van der Waals surface area contributed by atoms with Crippen LogP contribution in [0, 0.1) is 6.92 Å². The molecule has 0 spiro atoms. The van der Waals surface area contributed by atoms with Gasteiger partial charge in [0.25, 0.3) is 5.91 Å². The van der Waals surface area contributed by atoms with Gasteiger partial charge in [0.05, 0.1) is 10.7 Å². The van der Waals surface area contributed by atoms with Gasteiger partial charge in [0.2, 0.25) is 5.91 Å². The summed E-state index contributed by atoms with van der Waals surface area (Å²) >= 11 is 6.46. The van der Waals surface area contributed by atoms with Gasteiger partial charge in [-0.2, -0.15) is 0 Å². The van der Waals surface area contributed by atoms with Crippen LogP contribution in [0.4, 0.5) is 11.4 Å². The zero-order chi connectivity index (χ0) is 20.8. The monoisotopic (exact) mass is 415 g/mol. The largest absolute Gasteiger partial charge is 0.483 e. The van der Waals surface area contributed by atoms with Crippen molar-refractivity contribution in [3.63, 3.8) is 0 Å². The summed E-state index contributed by atoms with van der Waals surface area (Å²) in [4.78, 5) is 28.1. The number of nitrogens with zero attached hydrogens (tertiary/aromatic N) is 2. The first-order valence-electron chi connectivity index (χ1n) is 9.78. The van der Waals surface area contributed by atoms with E-state index in [0.29, 0.717) is 36.0 Å². The molecule has 0 atom stereocenters. The Hall–Kier alpha value is -2.73. The molecule has 1 saturated heterocycles. The van der Waals surface area contributed by atoms with Crippen LogP contribution in [0.25, 0.3) is 0 Å². The summed E-state index contributed by atoms with van der Waals surface area (Å²) in [5, 5.41) is 3.38. The molecule has 0 unspecified atom stereocenters. The zero-order valence-corrected chi connectivity index (χ0v) is 17.5. The molecule has 0 aromatic heterocycles. The molecule has 1 heterocycles. The summed E-state index contributed by atoms with van der Waals surface area (Å²) < 4.78 is 5.57. The minimum absolute atomic E-state index is 0.0718. The maximum absolute atomic E-state index is 12.2. The lowest BCUT2D eigenvalue weighted by Crippen LogP contribution is -2.48. The molecule has 0 bridgehead atoms. The number of halogens is 1. The first-order chi connectivity index (χ1) is 14.0. The van der Waals surface area contributed by atoms with Gasteiger partial charge in [-0.3, -0.25) is 9.59 Å². The van der Waals surface area contributed by atoms with Crippen molar-refractivity contribution >= 4 is 34.8 Å². The van der Waals surface area contributed by atoms with Gasteiger partial charge < -0.3 is 19.9 Å². The number of anilines is 2. The van der Waals surface area contributed by atoms with E-state index in [9.17, 15) is 9.59 Å². The van der Waals surface area contributed by atoms with Crippen molar-refractivity contribution in [2.75, 3.05) is 43.0 Å². The molecule has 1 aliphatic heterocycles. The number of amides is 2.